The number of piperidine rings is 1. The van der Waals surface area contributed by atoms with Gasteiger partial charge in [0.1, 0.15) is 0 Å². The van der Waals surface area contributed by atoms with Crippen molar-refractivity contribution in [3.8, 4) is 0 Å². The lowest BCUT2D eigenvalue weighted by molar-refractivity contribution is 0.285. The van der Waals surface area contributed by atoms with Crippen molar-refractivity contribution < 1.29 is 0 Å². The minimum Gasteiger partial charge on any atom is -0.370 e. The van der Waals surface area contributed by atoms with Crippen LogP contribution in [-0.4, -0.2) is 25.7 Å². The van der Waals surface area contributed by atoms with Crippen LogP contribution in [0.1, 0.15) is 51.9 Å². The Bertz CT molecular complexity index is 425. The van der Waals surface area contributed by atoms with Gasteiger partial charge in [-0.2, -0.15) is 0 Å². The van der Waals surface area contributed by atoms with E-state index in [0.717, 1.165) is 11.8 Å². The predicted octanol–water partition coefficient (Wildman–Crippen LogP) is 4.46. The Morgan fingerprint density at radius 1 is 1.00 bits per heavy atom. The molecule has 1 saturated carbocycles. The summed E-state index contributed by atoms with van der Waals surface area (Å²) in [5.41, 5.74) is 1.39. The van der Waals surface area contributed by atoms with Gasteiger partial charge < -0.3 is 10.2 Å². The van der Waals surface area contributed by atoms with Crippen LogP contribution in [0.25, 0.3) is 0 Å². The highest BCUT2D eigenvalue weighted by Gasteiger charge is 2.26. The molecule has 1 saturated heterocycles. The summed E-state index contributed by atoms with van der Waals surface area (Å²) in [6.45, 7) is 5.98. The van der Waals surface area contributed by atoms with Crippen molar-refractivity contribution >= 4 is 5.69 Å². The molecule has 1 heterocycles. The highest BCUT2D eigenvalue weighted by atomic mass is 15.2. The molecule has 1 aliphatic carbocycles. The van der Waals surface area contributed by atoms with E-state index < -0.39 is 0 Å². The number of nitrogens with one attached hydrogen (secondary N) is 1. The second kappa shape index (κ2) is 8.01. The normalized spacial score (nSPS) is 27.0. The van der Waals surface area contributed by atoms with Gasteiger partial charge in [0.15, 0.2) is 0 Å². The van der Waals surface area contributed by atoms with Crippen molar-refractivity contribution in [2.45, 2.75) is 57.9 Å². The average Bonchev–Trinajstić information content (AvgIpc) is 2.61. The molecule has 3 rings (SSSR count). The molecule has 0 radical (unpaired) electrons. The first-order valence-corrected chi connectivity index (χ1v) is 9.38. The first kappa shape index (κ1) is 15.9. The third kappa shape index (κ3) is 4.25. The molecule has 22 heavy (non-hydrogen) atoms. The second-order valence-electron chi connectivity index (χ2n) is 7.36. The fraction of sp³-hybridized carbons (Fsp3) is 0.700. The maximum Gasteiger partial charge on any atom is 0.0366 e. The van der Waals surface area contributed by atoms with Crippen molar-refractivity contribution in [3.05, 3.63) is 30.3 Å². The maximum absolute atomic E-state index is 3.91. The summed E-state index contributed by atoms with van der Waals surface area (Å²) < 4.78 is 0. The first-order valence-electron chi connectivity index (χ1n) is 9.38. The summed E-state index contributed by atoms with van der Waals surface area (Å²) in [5.74, 6) is 1.76. The van der Waals surface area contributed by atoms with Gasteiger partial charge >= 0.3 is 0 Å². The lowest BCUT2D eigenvalue weighted by Crippen LogP contribution is -2.50. The molecular weight excluding hydrogens is 268 g/mol. The van der Waals surface area contributed by atoms with Crippen LogP contribution in [0, 0.1) is 11.8 Å². The topological polar surface area (TPSA) is 15.3 Å². The zero-order chi connectivity index (χ0) is 15.2. The zero-order valence-corrected chi connectivity index (χ0v) is 14.1. The lowest BCUT2D eigenvalue weighted by Gasteiger charge is -2.40. The molecule has 2 unspecified atom stereocenters. The van der Waals surface area contributed by atoms with Crippen molar-refractivity contribution in [2.24, 2.45) is 11.8 Å². The quantitative estimate of drug-likeness (QED) is 0.863. The SMILES string of the molecule is CCC1CC(NCC2CCCCC2)CN(c2ccccc2)C1. The summed E-state index contributed by atoms with van der Waals surface area (Å²) >= 11 is 0. The minimum absolute atomic E-state index is 0.667. The van der Waals surface area contributed by atoms with E-state index in [4.69, 9.17) is 0 Å². The van der Waals surface area contributed by atoms with Crippen LogP contribution in [0.15, 0.2) is 30.3 Å². The van der Waals surface area contributed by atoms with Gasteiger partial charge in [0.25, 0.3) is 0 Å². The number of hydrogen-bond donors (Lipinski definition) is 1. The monoisotopic (exact) mass is 300 g/mol. The Morgan fingerprint density at radius 2 is 1.77 bits per heavy atom. The third-order valence-corrected chi connectivity index (χ3v) is 5.66. The molecule has 2 nitrogen and oxygen atoms in total. The minimum atomic E-state index is 0.667. The van der Waals surface area contributed by atoms with Gasteiger partial charge in [-0.1, -0.05) is 50.8 Å². The largest absolute Gasteiger partial charge is 0.370 e. The number of benzene rings is 1. The highest BCUT2D eigenvalue weighted by molar-refractivity contribution is 5.46. The second-order valence-corrected chi connectivity index (χ2v) is 7.36. The van der Waals surface area contributed by atoms with E-state index >= 15 is 0 Å². The maximum atomic E-state index is 3.91. The average molecular weight is 300 g/mol. The summed E-state index contributed by atoms with van der Waals surface area (Å²) in [5, 5.41) is 3.91. The molecule has 0 aromatic heterocycles. The molecule has 122 valence electrons. The Balaban J connectivity index is 1.56. The van der Waals surface area contributed by atoms with E-state index in [2.05, 4.69) is 47.5 Å². The van der Waals surface area contributed by atoms with Crippen molar-refractivity contribution in [2.75, 3.05) is 24.5 Å². The predicted molar refractivity (Wildman–Crippen MR) is 95.4 cm³/mol. The number of anilines is 1. The Morgan fingerprint density at radius 3 is 2.50 bits per heavy atom. The van der Waals surface area contributed by atoms with Gasteiger partial charge in [0, 0.05) is 24.8 Å². The van der Waals surface area contributed by atoms with Crippen LogP contribution in [-0.2, 0) is 0 Å². The standard InChI is InChI=1S/C20H32N2/c1-2-17-13-19(21-14-18-9-5-3-6-10-18)16-22(15-17)20-11-7-4-8-12-20/h4,7-8,11-12,17-19,21H,2-3,5-6,9-10,13-16H2,1H3. The van der Waals surface area contributed by atoms with Crippen LogP contribution in [0.2, 0.25) is 0 Å². The van der Waals surface area contributed by atoms with Gasteiger partial charge in [-0.25, -0.2) is 0 Å². The highest BCUT2D eigenvalue weighted by Crippen LogP contribution is 2.26. The molecule has 2 atom stereocenters. The molecule has 0 amide bonds. The van der Waals surface area contributed by atoms with Gasteiger partial charge in [0.2, 0.25) is 0 Å². The molecule has 2 fully saturated rings. The van der Waals surface area contributed by atoms with Crippen molar-refractivity contribution in [1.82, 2.24) is 5.32 Å². The Kier molecular flexibility index (Phi) is 5.77. The number of para-hydroxylation sites is 1. The number of rotatable bonds is 5. The first-order chi connectivity index (χ1) is 10.8. The molecule has 1 aliphatic heterocycles. The van der Waals surface area contributed by atoms with Crippen molar-refractivity contribution in [1.29, 1.82) is 0 Å². The lowest BCUT2D eigenvalue weighted by atomic mass is 9.88. The van der Waals surface area contributed by atoms with Gasteiger partial charge in [0.05, 0.1) is 0 Å². The smallest absolute Gasteiger partial charge is 0.0366 e. The van der Waals surface area contributed by atoms with Crippen LogP contribution in [0.3, 0.4) is 0 Å². The van der Waals surface area contributed by atoms with Gasteiger partial charge in [-0.05, 0) is 49.8 Å². The van der Waals surface area contributed by atoms with Crippen LogP contribution < -0.4 is 10.2 Å². The van der Waals surface area contributed by atoms with E-state index in [-0.39, 0.29) is 0 Å². The summed E-state index contributed by atoms with van der Waals surface area (Å²) in [6.07, 6.45) is 9.89. The molecule has 1 aromatic rings. The number of hydrogen-bond acceptors (Lipinski definition) is 2. The van der Waals surface area contributed by atoms with E-state index in [1.54, 1.807) is 0 Å². The van der Waals surface area contributed by atoms with Gasteiger partial charge in [-0.3, -0.25) is 0 Å². The fourth-order valence-electron chi connectivity index (χ4n) is 4.22. The summed E-state index contributed by atoms with van der Waals surface area (Å²) in [7, 11) is 0. The van der Waals surface area contributed by atoms with Crippen molar-refractivity contribution in [3.63, 3.8) is 0 Å². The zero-order valence-electron chi connectivity index (χ0n) is 14.1. The molecular formula is C20H32N2. The number of nitrogens with zero attached hydrogens (tertiary/aromatic N) is 1. The van der Waals surface area contributed by atoms with Crippen LogP contribution >= 0.6 is 0 Å². The summed E-state index contributed by atoms with van der Waals surface area (Å²) in [4.78, 5) is 2.59. The van der Waals surface area contributed by atoms with E-state index in [1.807, 2.05) is 0 Å². The van der Waals surface area contributed by atoms with Crippen LogP contribution in [0.5, 0.6) is 0 Å². The molecule has 1 aromatic carbocycles. The molecule has 0 bridgehead atoms. The van der Waals surface area contributed by atoms with E-state index in [0.29, 0.717) is 6.04 Å². The fourth-order valence-corrected chi connectivity index (χ4v) is 4.22. The Hall–Kier alpha value is -1.02. The molecule has 1 N–H and O–H groups in total. The Labute approximate surface area is 136 Å². The molecule has 2 aliphatic rings. The molecule has 0 spiro atoms. The van der Waals surface area contributed by atoms with E-state index in [1.165, 1.54) is 70.3 Å². The van der Waals surface area contributed by atoms with Crippen LogP contribution in [0.4, 0.5) is 5.69 Å². The third-order valence-electron chi connectivity index (χ3n) is 5.66. The molecule has 2 heteroatoms. The van der Waals surface area contributed by atoms with Gasteiger partial charge in [-0.15, -0.1) is 0 Å². The van der Waals surface area contributed by atoms with E-state index in [9.17, 15) is 0 Å². The summed E-state index contributed by atoms with van der Waals surface area (Å²) in [6, 6.07) is 11.6.